The highest BCUT2D eigenvalue weighted by Gasteiger charge is 2.29. The fraction of sp³-hybridized carbons (Fsp3) is 0.200. The van der Waals surface area contributed by atoms with Crippen LogP contribution in [-0.2, 0) is 6.42 Å². The lowest BCUT2D eigenvalue weighted by atomic mass is 10.0. The van der Waals surface area contributed by atoms with Gasteiger partial charge < -0.3 is 14.4 Å². The lowest BCUT2D eigenvalue weighted by molar-refractivity contribution is 0.0980. The summed E-state index contributed by atoms with van der Waals surface area (Å²) in [7, 11) is 0. The van der Waals surface area contributed by atoms with E-state index in [0.29, 0.717) is 40.1 Å². The molecule has 0 fully saturated rings. The number of amides is 1. The van der Waals surface area contributed by atoms with Crippen LogP contribution in [0.4, 0.5) is 10.1 Å². The summed E-state index contributed by atoms with van der Waals surface area (Å²) in [5.74, 6) is 0.570. The van der Waals surface area contributed by atoms with Crippen molar-refractivity contribution in [3.63, 3.8) is 0 Å². The number of thiazole rings is 1. The first kappa shape index (κ1) is 17.5. The molecule has 0 saturated carbocycles. The fourth-order valence-electron chi connectivity index (χ4n) is 3.51. The quantitative estimate of drug-likeness (QED) is 0.594. The molecule has 0 aliphatic carbocycles. The molecular weight excluding hydrogens is 403 g/mol. The second kappa shape index (κ2) is 6.76. The van der Waals surface area contributed by atoms with Gasteiger partial charge in [0.15, 0.2) is 11.5 Å². The van der Waals surface area contributed by atoms with E-state index in [4.69, 9.17) is 21.1 Å². The molecule has 2 aliphatic heterocycles. The monoisotopic (exact) mass is 416 g/mol. The van der Waals surface area contributed by atoms with Crippen LogP contribution in [0.2, 0.25) is 5.02 Å². The molecule has 3 aromatic rings. The summed E-state index contributed by atoms with van der Waals surface area (Å²) < 4.78 is 25.2. The van der Waals surface area contributed by atoms with E-state index in [1.54, 1.807) is 5.38 Å². The van der Waals surface area contributed by atoms with Gasteiger partial charge in [-0.15, -0.1) is 11.3 Å². The summed E-state index contributed by atoms with van der Waals surface area (Å²) in [5, 5.41) is 2.86. The van der Waals surface area contributed by atoms with Gasteiger partial charge >= 0.3 is 0 Å². The molecule has 2 aromatic carbocycles. The topological polar surface area (TPSA) is 51.7 Å². The number of hydrogen-bond acceptors (Lipinski definition) is 5. The predicted octanol–water partition coefficient (Wildman–Crippen LogP) is 4.92. The number of aromatic nitrogens is 1. The van der Waals surface area contributed by atoms with Gasteiger partial charge in [0.1, 0.15) is 16.5 Å². The zero-order valence-electron chi connectivity index (χ0n) is 14.6. The first-order chi connectivity index (χ1) is 13.6. The molecule has 0 saturated heterocycles. The van der Waals surface area contributed by atoms with Crippen molar-refractivity contribution < 1.29 is 18.7 Å². The summed E-state index contributed by atoms with van der Waals surface area (Å²) >= 11 is 7.57. The lowest BCUT2D eigenvalue weighted by Gasteiger charge is -2.29. The van der Waals surface area contributed by atoms with Gasteiger partial charge in [-0.05, 0) is 48.7 Å². The Labute approximate surface area is 169 Å². The number of ether oxygens (including phenoxy) is 2. The third-order valence-electron chi connectivity index (χ3n) is 4.84. The van der Waals surface area contributed by atoms with Crippen LogP contribution >= 0.6 is 22.9 Å². The summed E-state index contributed by atoms with van der Waals surface area (Å²) in [6, 6.07) is 8.36. The van der Waals surface area contributed by atoms with Crippen molar-refractivity contribution in [1.29, 1.82) is 0 Å². The Morgan fingerprint density at radius 1 is 1.21 bits per heavy atom. The highest BCUT2D eigenvalue weighted by molar-refractivity contribution is 7.13. The van der Waals surface area contributed by atoms with Gasteiger partial charge in [-0.2, -0.15) is 0 Å². The van der Waals surface area contributed by atoms with Crippen LogP contribution < -0.4 is 14.4 Å². The Hall–Kier alpha value is -2.64. The minimum atomic E-state index is -0.446. The second-order valence-electron chi connectivity index (χ2n) is 6.52. The van der Waals surface area contributed by atoms with Gasteiger partial charge in [0.05, 0.1) is 5.69 Å². The lowest BCUT2D eigenvalue weighted by Crippen LogP contribution is -2.36. The third-order valence-corrected chi connectivity index (χ3v) is 6.09. The van der Waals surface area contributed by atoms with Gasteiger partial charge in [0, 0.05) is 22.5 Å². The molecule has 5 nitrogen and oxygen atoms in total. The number of benzene rings is 2. The maximum absolute atomic E-state index is 14.5. The van der Waals surface area contributed by atoms with E-state index in [2.05, 4.69) is 4.98 Å². The molecule has 0 unspecified atom stereocenters. The molecule has 28 heavy (non-hydrogen) atoms. The largest absolute Gasteiger partial charge is 0.454 e. The average Bonchev–Trinajstić information content (AvgIpc) is 3.38. The van der Waals surface area contributed by atoms with Gasteiger partial charge in [-0.1, -0.05) is 11.6 Å². The molecule has 1 aromatic heterocycles. The molecule has 5 rings (SSSR count). The summed E-state index contributed by atoms with van der Waals surface area (Å²) in [5.41, 5.74) is 2.06. The minimum Gasteiger partial charge on any atom is -0.454 e. The van der Waals surface area contributed by atoms with Crippen molar-refractivity contribution in [2.24, 2.45) is 0 Å². The van der Waals surface area contributed by atoms with E-state index in [9.17, 15) is 9.18 Å². The van der Waals surface area contributed by atoms with E-state index in [1.165, 1.54) is 28.4 Å². The van der Waals surface area contributed by atoms with Gasteiger partial charge in [0.2, 0.25) is 6.79 Å². The number of anilines is 1. The predicted molar refractivity (Wildman–Crippen MR) is 105 cm³/mol. The third kappa shape index (κ3) is 2.82. The van der Waals surface area contributed by atoms with Crippen molar-refractivity contribution in [3.8, 4) is 22.1 Å². The number of carbonyl (C=O) groups excluding carboxylic acids is 1. The molecule has 0 spiro atoms. The van der Waals surface area contributed by atoms with Crippen LogP contribution in [0.5, 0.6) is 11.5 Å². The van der Waals surface area contributed by atoms with Crippen LogP contribution in [-0.4, -0.2) is 24.2 Å². The maximum Gasteiger partial charge on any atom is 0.277 e. The minimum absolute atomic E-state index is 0.197. The van der Waals surface area contributed by atoms with E-state index < -0.39 is 5.82 Å². The van der Waals surface area contributed by atoms with Crippen molar-refractivity contribution in [1.82, 2.24) is 4.98 Å². The summed E-state index contributed by atoms with van der Waals surface area (Å²) in [4.78, 5) is 19.0. The number of fused-ring (bicyclic) bond motifs is 2. The number of hydrogen-bond donors (Lipinski definition) is 0. The SMILES string of the molecule is O=C(c1csc(-c2ccc3c(c2)OCO3)n1)N1CCCc2c(Cl)ccc(F)c21. The molecule has 8 heteroatoms. The van der Waals surface area contributed by atoms with E-state index in [0.717, 1.165) is 12.0 Å². The standard InChI is InChI=1S/C20H14ClFN2O3S/c21-13-4-5-14(22)18-12(13)2-1-7-24(18)20(25)15-9-28-19(23-15)11-3-6-16-17(8-11)27-10-26-16/h3-6,8-9H,1-2,7,10H2. The smallest absolute Gasteiger partial charge is 0.277 e. The number of rotatable bonds is 2. The van der Waals surface area contributed by atoms with E-state index in [-0.39, 0.29) is 24.1 Å². The van der Waals surface area contributed by atoms with Crippen molar-refractivity contribution in [3.05, 3.63) is 57.8 Å². The van der Waals surface area contributed by atoms with E-state index in [1.807, 2.05) is 18.2 Å². The maximum atomic E-state index is 14.5. The summed E-state index contributed by atoms with van der Waals surface area (Å²) in [6.07, 6.45) is 1.37. The van der Waals surface area contributed by atoms with Gasteiger partial charge in [0.25, 0.3) is 5.91 Å². The molecule has 0 bridgehead atoms. The number of carbonyl (C=O) groups is 1. The van der Waals surface area contributed by atoms with Gasteiger partial charge in [-0.25, -0.2) is 9.37 Å². The Kier molecular flexibility index (Phi) is 4.21. The second-order valence-corrected chi connectivity index (χ2v) is 7.79. The first-order valence-electron chi connectivity index (χ1n) is 8.76. The molecule has 142 valence electrons. The van der Waals surface area contributed by atoms with Crippen molar-refractivity contribution >= 4 is 34.5 Å². The normalized spacial score (nSPS) is 14.9. The van der Waals surface area contributed by atoms with Crippen LogP contribution in [0.15, 0.2) is 35.7 Å². The molecule has 0 N–H and O–H groups in total. The molecular formula is C20H14ClFN2O3S. The van der Waals surface area contributed by atoms with Crippen LogP contribution in [0.1, 0.15) is 22.5 Å². The molecule has 3 heterocycles. The zero-order valence-corrected chi connectivity index (χ0v) is 16.1. The molecule has 1 amide bonds. The first-order valence-corrected chi connectivity index (χ1v) is 10.0. The van der Waals surface area contributed by atoms with E-state index >= 15 is 0 Å². The fourth-order valence-corrected chi connectivity index (χ4v) is 4.55. The van der Waals surface area contributed by atoms with Crippen molar-refractivity contribution in [2.75, 3.05) is 18.2 Å². The van der Waals surface area contributed by atoms with Gasteiger partial charge in [-0.3, -0.25) is 4.79 Å². The van der Waals surface area contributed by atoms with Crippen LogP contribution in [0.3, 0.4) is 0 Å². The Bertz CT molecular complexity index is 1100. The molecule has 0 atom stereocenters. The highest BCUT2D eigenvalue weighted by atomic mass is 35.5. The Morgan fingerprint density at radius 3 is 2.96 bits per heavy atom. The molecule has 2 aliphatic rings. The molecule has 0 radical (unpaired) electrons. The van der Waals surface area contributed by atoms with Crippen molar-refractivity contribution in [2.45, 2.75) is 12.8 Å². The Balaban J connectivity index is 1.48. The number of nitrogens with zero attached hydrogens (tertiary/aromatic N) is 2. The average molecular weight is 417 g/mol. The van der Waals surface area contributed by atoms with Crippen LogP contribution in [0, 0.1) is 5.82 Å². The summed E-state index contributed by atoms with van der Waals surface area (Å²) in [6.45, 7) is 0.628. The van der Waals surface area contributed by atoms with Crippen LogP contribution in [0.25, 0.3) is 10.6 Å². The zero-order chi connectivity index (χ0) is 19.3. The highest BCUT2D eigenvalue weighted by Crippen LogP contribution is 2.38. The Morgan fingerprint density at radius 2 is 2.07 bits per heavy atom. The number of halogens is 2.